The summed E-state index contributed by atoms with van der Waals surface area (Å²) in [6, 6.07) is 12.7. The van der Waals surface area contributed by atoms with Gasteiger partial charge in [-0.15, -0.1) is 0 Å². The molecule has 1 N–H and O–H groups in total. The third-order valence-electron chi connectivity index (χ3n) is 5.44. The van der Waals surface area contributed by atoms with Crippen LogP contribution in [0.1, 0.15) is 34.0 Å². The number of morpholine rings is 1. The lowest BCUT2D eigenvalue weighted by Crippen LogP contribution is -2.43. The second-order valence-corrected chi connectivity index (χ2v) is 7.76. The molecule has 2 heterocycles. The van der Waals surface area contributed by atoms with E-state index in [1.165, 1.54) is 6.07 Å². The quantitative estimate of drug-likeness (QED) is 0.871. The number of benzene rings is 2. The maximum absolute atomic E-state index is 14.0. The van der Waals surface area contributed by atoms with Gasteiger partial charge in [0.2, 0.25) is 0 Å². The first-order valence-electron chi connectivity index (χ1n) is 9.18. The van der Waals surface area contributed by atoms with Gasteiger partial charge < -0.3 is 10.1 Å². The molecule has 6 heteroatoms. The van der Waals surface area contributed by atoms with E-state index in [0.717, 1.165) is 25.1 Å². The van der Waals surface area contributed by atoms with Crippen molar-refractivity contribution in [2.24, 2.45) is 0 Å². The molecule has 0 bridgehead atoms. The van der Waals surface area contributed by atoms with Gasteiger partial charge in [-0.1, -0.05) is 35.9 Å². The van der Waals surface area contributed by atoms with Crippen LogP contribution in [0.15, 0.2) is 42.5 Å². The number of carbonyl (C=O) groups is 1. The molecule has 142 valence electrons. The van der Waals surface area contributed by atoms with Crippen molar-refractivity contribution in [3.8, 4) is 0 Å². The van der Waals surface area contributed by atoms with Crippen LogP contribution in [0.2, 0.25) is 5.02 Å². The third kappa shape index (κ3) is 3.86. The van der Waals surface area contributed by atoms with E-state index in [1.54, 1.807) is 19.1 Å². The monoisotopic (exact) mass is 388 g/mol. The summed E-state index contributed by atoms with van der Waals surface area (Å²) in [5, 5.41) is 3.71. The Morgan fingerprint density at radius 3 is 2.74 bits per heavy atom. The smallest absolute Gasteiger partial charge is 0.254 e. The topological polar surface area (TPSA) is 41.6 Å². The van der Waals surface area contributed by atoms with E-state index < -0.39 is 5.82 Å². The molecule has 2 aliphatic heterocycles. The molecule has 0 spiro atoms. The largest absolute Gasteiger partial charge is 0.371 e. The average Bonchev–Trinajstić information content (AvgIpc) is 3.03. The number of aryl methyl sites for hydroxylation is 1. The molecule has 0 unspecified atom stereocenters. The highest BCUT2D eigenvalue weighted by Gasteiger charge is 2.38. The van der Waals surface area contributed by atoms with E-state index in [2.05, 4.69) is 10.2 Å². The van der Waals surface area contributed by atoms with Gasteiger partial charge in [0, 0.05) is 30.2 Å². The van der Waals surface area contributed by atoms with Crippen molar-refractivity contribution >= 4 is 17.5 Å². The van der Waals surface area contributed by atoms with Gasteiger partial charge in [0.25, 0.3) is 5.91 Å². The highest BCUT2D eigenvalue weighted by atomic mass is 35.5. The number of halogens is 2. The van der Waals surface area contributed by atoms with Gasteiger partial charge in [0.15, 0.2) is 0 Å². The summed E-state index contributed by atoms with van der Waals surface area (Å²) in [5.74, 6) is -0.819. The Morgan fingerprint density at radius 2 is 2.00 bits per heavy atom. The fourth-order valence-corrected chi connectivity index (χ4v) is 4.16. The Balaban J connectivity index is 1.40. The molecular weight excluding hydrogens is 367 g/mol. The van der Waals surface area contributed by atoms with Crippen molar-refractivity contribution in [1.29, 1.82) is 0 Å². The molecule has 2 aliphatic rings. The van der Waals surface area contributed by atoms with Crippen LogP contribution in [0.4, 0.5) is 4.39 Å². The zero-order chi connectivity index (χ0) is 19.0. The van der Waals surface area contributed by atoms with Crippen molar-refractivity contribution in [2.75, 3.05) is 19.7 Å². The molecule has 2 fully saturated rings. The average molecular weight is 389 g/mol. The molecule has 1 amide bonds. The van der Waals surface area contributed by atoms with Gasteiger partial charge in [-0.25, -0.2) is 4.39 Å². The molecule has 2 aromatic carbocycles. The predicted molar refractivity (Wildman–Crippen MR) is 103 cm³/mol. The van der Waals surface area contributed by atoms with Gasteiger partial charge in [-0.2, -0.15) is 0 Å². The Hall–Kier alpha value is -1.95. The molecule has 2 aromatic rings. The Labute approximate surface area is 163 Å². The van der Waals surface area contributed by atoms with Crippen LogP contribution in [-0.2, 0) is 4.74 Å². The third-order valence-corrected chi connectivity index (χ3v) is 5.70. The first-order chi connectivity index (χ1) is 13.0. The van der Waals surface area contributed by atoms with Crippen LogP contribution in [0, 0.1) is 12.7 Å². The number of hydrogen-bond acceptors (Lipinski definition) is 3. The fourth-order valence-electron chi connectivity index (χ4n) is 4.03. The van der Waals surface area contributed by atoms with Crippen molar-refractivity contribution in [3.63, 3.8) is 0 Å². The fraction of sp³-hybridized carbons (Fsp3) is 0.381. The SMILES string of the molecule is Cc1cccc(F)c1C(=O)N[C@@H]1C[C@H]2CO[C@@H](c3ccc(Cl)cc3)CN2C1. The highest BCUT2D eigenvalue weighted by Crippen LogP contribution is 2.31. The van der Waals surface area contributed by atoms with Gasteiger partial charge in [-0.3, -0.25) is 9.69 Å². The van der Waals surface area contributed by atoms with Gasteiger partial charge in [0.1, 0.15) is 5.82 Å². The summed E-state index contributed by atoms with van der Waals surface area (Å²) in [7, 11) is 0. The van der Waals surface area contributed by atoms with Gasteiger partial charge >= 0.3 is 0 Å². The number of amides is 1. The zero-order valence-corrected chi connectivity index (χ0v) is 15.9. The van der Waals surface area contributed by atoms with Gasteiger partial charge in [-0.05, 0) is 42.7 Å². The number of carbonyl (C=O) groups excluding carboxylic acids is 1. The number of rotatable bonds is 3. The van der Waals surface area contributed by atoms with Gasteiger partial charge in [0.05, 0.1) is 18.3 Å². The first-order valence-corrected chi connectivity index (χ1v) is 9.56. The molecule has 0 saturated carbocycles. The van der Waals surface area contributed by atoms with Crippen LogP contribution in [-0.4, -0.2) is 42.6 Å². The molecule has 0 aromatic heterocycles. The number of fused-ring (bicyclic) bond motifs is 1. The number of nitrogens with zero attached hydrogens (tertiary/aromatic N) is 1. The predicted octanol–water partition coefficient (Wildman–Crippen LogP) is 3.73. The molecule has 3 atom stereocenters. The normalized spacial score (nSPS) is 25.2. The summed E-state index contributed by atoms with van der Waals surface area (Å²) in [5.41, 5.74) is 1.89. The maximum Gasteiger partial charge on any atom is 0.254 e. The molecular formula is C21H22ClFN2O2. The second-order valence-electron chi connectivity index (χ2n) is 7.32. The lowest BCUT2D eigenvalue weighted by atomic mass is 10.1. The minimum absolute atomic E-state index is 0.00165. The second kappa shape index (κ2) is 7.58. The molecule has 2 saturated heterocycles. The molecule has 27 heavy (non-hydrogen) atoms. The summed E-state index contributed by atoms with van der Waals surface area (Å²) < 4.78 is 20.1. The summed E-state index contributed by atoms with van der Waals surface area (Å²) in [6.07, 6.45) is 0.814. The lowest BCUT2D eigenvalue weighted by molar-refractivity contribution is -0.0502. The molecule has 4 rings (SSSR count). The van der Waals surface area contributed by atoms with Crippen LogP contribution >= 0.6 is 11.6 Å². The minimum Gasteiger partial charge on any atom is -0.371 e. The highest BCUT2D eigenvalue weighted by molar-refractivity contribution is 6.30. The molecule has 0 radical (unpaired) electrons. The van der Waals surface area contributed by atoms with Crippen LogP contribution < -0.4 is 5.32 Å². The van der Waals surface area contributed by atoms with Crippen LogP contribution in [0.25, 0.3) is 0 Å². The standard InChI is InChI=1S/C21H22ClFN2O2/c1-13-3-2-4-18(23)20(13)21(26)24-16-9-17-12-27-19(11-25(17)10-16)14-5-7-15(22)8-6-14/h2-8,16-17,19H,9-12H2,1H3,(H,24,26)/t16-,17+,19-/m1/s1. The van der Waals surface area contributed by atoms with Crippen LogP contribution in [0.5, 0.6) is 0 Å². The van der Waals surface area contributed by atoms with E-state index in [9.17, 15) is 9.18 Å². The van der Waals surface area contributed by atoms with E-state index >= 15 is 0 Å². The first kappa shape index (κ1) is 18.4. The Bertz CT molecular complexity index is 822. The molecule has 0 aliphatic carbocycles. The van der Waals surface area contributed by atoms with E-state index in [1.807, 2.05) is 24.3 Å². The van der Waals surface area contributed by atoms with E-state index in [4.69, 9.17) is 16.3 Å². The minimum atomic E-state index is -0.477. The van der Waals surface area contributed by atoms with E-state index in [0.29, 0.717) is 17.2 Å². The number of ether oxygens (including phenoxy) is 1. The Kier molecular flexibility index (Phi) is 5.17. The van der Waals surface area contributed by atoms with Crippen molar-refractivity contribution < 1.29 is 13.9 Å². The summed E-state index contributed by atoms with van der Waals surface area (Å²) in [4.78, 5) is 14.9. The van der Waals surface area contributed by atoms with E-state index in [-0.39, 0.29) is 29.7 Å². The maximum atomic E-state index is 14.0. The Morgan fingerprint density at radius 1 is 1.22 bits per heavy atom. The number of hydrogen-bond donors (Lipinski definition) is 1. The van der Waals surface area contributed by atoms with Crippen molar-refractivity contribution in [2.45, 2.75) is 31.5 Å². The lowest BCUT2D eigenvalue weighted by Gasteiger charge is -2.35. The number of nitrogens with one attached hydrogen (secondary N) is 1. The van der Waals surface area contributed by atoms with Crippen molar-refractivity contribution in [3.05, 3.63) is 70.0 Å². The molecule has 4 nitrogen and oxygen atoms in total. The zero-order valence-electron chi connectivity index (χ0n) is 15.1. The van der Waals surface area contributed by atoms with Crippen LogP contribution in [0.3, 0.4) is 0 Å². The summed E-state index contributed by atoms with van der Waals surface area (Å²) >= 11 is 5.96. The van der Waals surface area contributed by atoms with Crippen molar-refractivity contribution in [1.82, 2.24) is 10.2 Å². The summed E-state index contributed by atoms with van der Waals surface area (Å²) in [6.45, 7) is 3.90.